The monoisotopic (exact) mass is 216 g/mol. The lowest BCUT2D eigenvalue weighted by Crippen LogP contribution is -1.92. The fraction of sp³-hybridized carbons (Fsp3) is 0.143. The molecular formula is C7H9ClN4S. The predicted molar refractivity (Wildman–Crippen MR) is 57.0 cm³/mol. The van der Waals surface area contributed by atoms with Crippen LogP contribution in [-0.2, 0) is 6.54 Å². The number of nitrogens with zero attached hydrogens (tertiary/aromatic N) is 2. The Morgan fingerprint density at radius 1 is 1.46 bits per heavy atom. The molecule has 0 spiro atoms. The summed E-state index contributed by atoms with van der Waals surface area (Å²) in [5.41, 5.74) is 11.1. The van der Waals surface area contributed by atoms with Gasteiger partial charge in [0.1, 0.15) is 0 Å². The third kappa shape index (κ3) is 1.72. The molecule has 2 aromatic rings. The summed E-state index contributed by atoms with van der Waals surface area (Å²) in [6.45, 7) is 0.540. The van der Waals surface area contributed by atoms with Crippen LogP contribution in [0.3, 0.4) is 0 Å². The van der Waals surface area contributed by atoms with Crippen molar-refractivity contribution in [2.75, 3.05) is 5.73 Å². The lowest BCUT2D eigenvalue weighted by atomic mass is 10.3. The van der Waals surface area contributed by atoms with Gasteiger partial charge in [-0.2, -0.15) is 5.10 Å². The van der Waals surface area contributed by atoms with Crippen LogP contribution in [0.5, 0.6) is 0 Å². The smallest absolute Gasteiger partial charge is 0.154 e. The third-order valence-electron chi connectivity index (χ3n) is 1.63. The minimum atomic E-state index is 0. The number of aromatic nitrogens is 2. The highest BCUT2D eigenvalue weighted by atomic mass is 35.5. The van der Waals surface area contributed by atoms with Crippen LogP contribution < -0.4 is 11.5 Å². The molecule has 0 saturated heterocycles. The van der Waals surface area contributed by atoms with Crippen molar-refractivity contribution in [2.45, 2.75) is 6.54 Å². The Bertz CT molecular complexity index is 414. The van der Waals surface area contributed by atoms with Crippen LogP contribution in [-0.4, -0.2) is 10.2 Å². The first-order valence-corrected chi connectivity index (χ1v) is 4.32. The molecule has 0 saturated carbocycles. The first-order chi connectivity index (χ1) is 5.81. The number of halogens is 1. The first kappa shape index (κ1) is 10.2. The van der Waals surface area contributed by atoms with Gasteiger partial charge < -0.3 is 11.5 Å². The summed E-state index contributed by atoms with van der Waals surface area (Å²) < 4.78 is 1.04. The van der Waals surface area contributed by atoms with Crippen LogP contribution in [0.2, 0.25) is 0 Å². The molecule has 0 aliphatic heterocycles. The molecule has 70 valence electrons. The van der Waals surface area contributed by atoms with Crippen molar-refractivity contribution < 1.29 is 0 Å². The number of nitrogens with two attached hydrogens (primary N) is 2. The van der Waals surface area contributed by atoms with Crippen LogP contribution in [0.15, 0.2) is 12.3 Å². The predicted octanol–water partition coefficient (Wildman–Crippen LogP) is 1.15. The van der Waals surface area contributed by atoms with Crippen molar-refractivity contribution in [2.24, 2.45) is 5.73 Å². The van der Waals surface area contributed by atoms with E-state index in [1.807, 2.05) is 6.07 Å². The van der Waals surface area contributed by atoms with Gasteiger partial charge in [-0.25, -0.2) is 0 Å². The first-order valence-electron chi connectivity index (χ1n) is 3.51. The van der Waals surface area contributed by atoms with Crippen molar-refractivity contribution in [1.82, 2.24) is 10.2 Å². The van der Waals surface area contributed by atoms with Crippen LogP contribution in [0.1, 0.15) is 4.88 Å². The Morgan fingerprint density at radius 3 is 2.85 bits per heavy atom. The van der Waals surface area contributed by atoms with Gasteiger partial charge in [-0.3, -0.25) is 0 Å². The number of thiophene rings is 1. The molecular weight excluding hydrogens is 208 g/mol. The van der Waals surface area contributed by atoms with E-state index in [9.17, 15) is 0 Å². The maximum absolute atomic E-state index is 5.62. The highest BCUT2D eigenvalue weighted by Crippen LogP contribution is 2.26. The van der Waals surface area contributed by atoms with E-state index in [1.54, 1.807) is 17.5 Å². The topological polar surface area (TPSA) is 77.8 Å². The van der Waals surface area contributed by atoms with Crippen molar-refractivity contribution in [3.63, 3.8) is 0 Å². The molecule has 0 aliphatic rings. The number of hydrogen-bond donors (Lipinski definition) is 2. The Labute approximate surface area is 85.4 Å². The van der Waals surface area contributed by atoms with E-state index >= 15 is 0 Å². The van der Waals surface area contributed by atoms with E-state index in [0.29, 0.717) is 12.4 Å². The molecule has 4 N–H and O–H groups in total. The summed E-state index contributed by atoms with van der Waals surface area (Å²) in [5, 5.41) is 8.46. The number of nitrogen functional groups attached to an aromatic ring is 1. The van der Waals surface area contributed by atoms with Gasteiger partial charge in [-0.1, -0.05) is 0 Å². The Balaban J connectivity index is 0.000000845. The third-order valence-corrected chi connectivity index (χ3v) is 2.72. The Morgan fingerprint density at radius 2 is 2.23 bits per heavy atom. The molecule has 6 heteroatoms. The normalized spacial score (nSPS) is 9.92. The second-order valence-electron chi connectivity index (χ2n) is 2.42. The van der Waals surface area contributed by atoms with Gasteiger partial charge in [0, 0.05) is 16.8 Å². The molecule has 0 fully saturated rings. The second kappa shape index (κ2) is 3.87. The molecule has 2 rings (SSSR count). The molecule has 0 aliphatic carbocycles. The number of hydrogen-bond acceptors (Lipinski definition) is 5. The number of rotatable bonds is 1. The minimum absolute atomic E-state index is 0. The van der Waals surface area contributed by atoms with E-state index in [0.717, 1.165) is 15.0 Å². The fourth-order valence-electron chi connectivity index (χ4n) is 1.05. The van der Waals surface area contributed by atoms with Crippen LogP contribution >= 0.6 is 23.7 Å². The standard InChI is InChI=1S/C7H8N4S.ClH/c8-2-4-1-5-6(12-4)3-10-11-7(5)9;/h1,3H,2,8H2,(H2,9,11);1H. The fourth-order valence-corrected chi connectivity index (χ4v) is 1.97. The lowest BCUT2D eigenvalue weighted by molar-refractivity contribution is 1.06. The van der Waals surface area contributed by atoms with Gasteiger partial charge in [-0.05, 0) is 6.07 Å². The molecule has 0 radical (unpaired) electrons. The molecule has 4 nitrogen and oxygen atoms in total. The van der Waals surface area contributed by atoms with Crippen LogP contribution in [0, 0.1) is 0 Å². The van der Waals surface area contributed by atoms with Gasteiger partial charge in [-0.15, -0.1) is 28.8 Å². The van der Waals surface area contributed by atoms with E-state index < -0.39 is 0 Å². The maximum Gasteiger partial charge on any atom is 0.154 e. The number of fused-ring (bicyclic) bond motifs is 1. The molecule has 2 heterocycles. The van der Waals surface area contributed by atoms with E-state index in [1.165, 1.54) is 0 Å². The molecule has 0 bridgehead atoms. The zero-order valence-electron chi connectivity index (χ0n) is 6.73. The van der Waals surface area contributed by atoms with Gasteiger partial charge in [0.15, 0.2) is 5.82 Å². The highest BCUT2D eigenvalue weighted by molar-refractivity contribution is 7.19. The summed E-state index contributed by atoms with van der Waals surface area (Å²) in [6.07, 6.45) is 1.70. The number of anilines is 1. The molecule has 13 heavy (non-hydrogen) atoms. The molecule has 0 aromatic carbocycles. The zero-order chi connectivity index (χ0) is 8.55. The van der Waals surface area contributed by atoms with Crippen molar-refractivity contribution in [3.8, 4) is 0 Å². The summed E-state index contributed by atoms with van der Waals surface area (Å²) in [6, 6.07) is 1.96. The minimum Gasteiger partial charge on any atom is -0.382 e. The Hall–Kier alpha value is -0.910. The van der Waals surface area contributed by atoms with Gasteiger partial charge in [0.05, 0.1) is 10.9 Å². The van der Waals surface area contributed by atoms with Crippen molar-refractivity contribution >= 4 is 39.6 Å². The zero-order valence-corrected chi connectivity index (χ0v) is 8.36. The molecule has 0 amide bonds. The van der Waals surface area contributed by atoms with E-state index in [2.05, 4.69) is 10.2 Å². The second-order valence-corrected chi connectivity index (χ2v) is 3.59. The molecule has 0 unspecified atom stereocenters. The molecule has 0 atom stereocenters. The average Bonchev–Trinajstić information content (AvgIpc) is 2.49. The van der Waals surface area contributed by atoms with Crippen molar-refractivity contribution in [1.29, 1.82) is 0 Å². The van der Waals surface area contributed by atoms with Gasteiger partial charge in [0.2, 0.25) is 0 Å². The Kier molecular flexibility index (Phi) is 3.02. The van der Waals surface area contributed by atoms with E-state index in [4.69, 9.17) is 11.5 Å². The van der Waals surface area contributed by atoms with Crippen molar-refractivity contribution in [3.05, 3.63) is 17.1 Å². The van der Waals surface area contributed by atoms with Gasteiger partial charge >= 0.3 is 0 Å². The largest absolute Gasteiger partial charge is 0.382 e. The summed E-state index contributed by atoms with van der Waals surface area (Å²) >= 11 is 1.60. The van der Waals surface area contributed by atoms with Crippen LogP contribution in [0.4, 0.5) is 5.82 Å². The summed E-state index contributed by atoms with van der Waals surface area (Å²) in [7, 11) is 0. The highest BCUT2D eigenvalue weighted by Gasteiger charge is 2.03. The quantitative estimate of drug-likeness (QED) is 0.750. The SMILES string of the molecule is Cl.NCc1cc2c(N)nncc2s1. The summed E-state index contributed by atoms with van der Waals surface area (Å²) in [5.74, 6) is 0.475. The average molecular weight is 217 g/mol. The lowest BCUT2D eigenvalue weighted by Gasteiger charge is -1.89. The van der Waals surface area contributed by atoms with Crippen LogP contribution in [0.25, 0.3) is 10.1 Å². The van der Waals surface area contributed by atoms with E-state index in [-0.39, 0.29) is 12.4 Å². The summed E-state index contributed by atoms with van der Waals surface area (Å²) in [4.78, 5) is 1.10. The maximum atomic E-state index is 5.62. The van der Waals surface area contributed by atoms with Gasteiger partial charge in [0.25, 0.3) is 0 Å². The molecule has 2 aromatic heterocycles.